The fraction of sp³-hybridized carbons (Fsp3) is 0.471. The molecule has 2 rings (SSSR count). The van der Waals surface area contributed by atoms with Gasteiger partial charge in [0.25, 0.3) is 0 Å². The van der Waals surface area contributed by atoms with E-state index in [-0.39, 0.29) is 0 Å². The standard InChI is InChI=1S/C17H25ClN4/c1-4-8-20-17(19-3)21-11-14-7-9-22(12-14)16-10-15(18)6-5-13(16)2/h4-6,10,14H,1,7-9,11-12H2,2-3H3,(H2,19,20,21). The van der Waals surface area contributed by atoms with E-state index in [1.807, 2.05) is 12.1 Å². The SMILES string of the molecule is C=CCNC(=NC)NCC1CCN(c2cc(Cl)ccc2C)C1. The number of rotatable bonds is 5. The monoisotopic (exact) mass is 320 g/mol. The van der Waals surface area contributed by atoms with Crippen molar-refractivity contribution in [3.05, 3.63) is 41.4 Å². The van der Waals surface area contributed by atoms with Crippen LogP contribution >= 0.6 is 11.6 Å². The van der Waals surface area contributed by atoms with Gasteiger partial charge in [0.15, 0.2) is 5.96 Å². The summed E-state index contributed by atoms with van der Waals surface area (Å²) in [5.41, 5.74) is 2.53. The van der Waals surface area contributed by atoms with Crippen LogP contribution in [-0.4, -0.2) is 39.2 Å². The molecule has 120 valence electrons. The maximum Gasteiger partial charge on any atom is 0.191 e. The van der Waals surface area contributed by atoms with E-state index in [1.165, 1.54) is 17.7 Å². The number of hydrogen-bond acceptors (Lipinski definition) is 2. The fourth-order valence-corrected chi connectivity index (χ4v) is 2.94. The first-order valence-corrected chi connectivity index (χ1v) is 8.08. The van der Waals surface area contributed by atoms with Crippen LogP contribution in [0.5, 0.6) is 0 Å². The van der Waals surface area contributed by atoms with Crippen molar-refractivity contribution >= 4 is 23.2 Å². The summed E-state index contributed by atoms with van der Waals surface area (Å²) >= 11 is 6.13. The predicted molar refractivity (Wildman–Crippen MR) is 96.1 cm³/mol. The van der Waals surface area contributed by atoms with Gasteiger partial charge in [-0.25, -0.2) is 0 Å². The summed E-state index contributed by atoms with van der Waals surface area (Å²) in [6.07, 6.45) is 3.00. The fourth-order valence-electron chi connectivity index (χ4n) is 2.77. The number of halogens is 1. The van der Waals surface area contributed by atoms with Crippen LogP contribution in [0.15, 0.2) is 35.8 Å². The van der Waals surface area contributed by atoms with E-state index in [1.54, 1.807) is 7.05 Å². The lowest BCUT2D eigenvalue weighted by Crippen LogP contribution is -2.40. The van der Waals surface area contributed by atoms with Crippen LogP contribution in [0.2, 0.25) is 5.02 Å². The summed E-state index contributed by atoms with van der Waals surface area (Å²) in [5.74, 6) is 1.44. The Morgan fingerprint density at radius 2 is 2.32 bits per heavy atom. The molecule has 0 aromatic heterocycles. The van der Waals surface area contributed by atoms with Gasteiger partial charge in [0.05, 0.1) is 0 Å². The van der Waals surface area contributed by atoms with E-state index in [0.29, 0.717) is 5.92 Å². The van der Waals surface area contributed by atoms with Gasteiger partial charge >= 0.3 is 0 Å². The van der Waals surface area contributed by atoms with E-state index in [9.17, 15) is 0 Å². The van der Waals surface area contributed by atoms with Crippen LogP contribution < -0.4 is 15.5 Å². The van der Waals surface area contributed by atoms with Crippen molar-refractivity contribution in [3.63, 3.8) is 0 Å². The highest BCUT2D eigenvalue weighted by molar-refractivity contribution is 6.30. The Morgan fingerprint density at radius 3 is 3.05 bits per heavy atom. The van der Waals surface area contributed by atoms with Crippen LogP contribution in [0, 0.1) is 12.8 Å². The second-order valence-electron chi connectivity index (χ2n) is 5.65. The first-order valence-electron chi connectivity index (χ1n) is 7.70. The normalized spacial score (nSPS) is 18.4. The van der Waals surface area contributed by atoms with Gasteiger partial charge in [0, 0.05) is 43.9 Å². The van der Waals surface area contributed by atoms with Crippen molar-refractivity contribution in [1.82, 2.24) is 10.6 Å². The largest absolute Gasteiger partial charge is 0.371 e. The zero-order chi connectivity index (χ0) is 15.9. The molecular weight excluding hydrogens is 296 g/mol. The number of nitrogens with one attached hydrogen (secondary N) is 2. The van der Waals surface area contributed by atoms with Crippen LogP contribution in [0.4, 0.5) is 5.69 Å². The van der Waals surface area contributed by atoms with Crippen LogP contribution in [0.3, 0.4) is 0 Å². The molecule has 0 amide bonds. The molecule has 1 fully saturated rings. The molecular formula is C17H25ClN4. The summed E-state index contributed by atoms with van der Waals surface area (Å²) in [7, 11) is 1.79. The minimum absolute atomic E-state index is 0.612. The highest BCUT2D eigenvalue weighted by Crippen LogP contribution is 2.29. The molecule has 0 aliphatic carbocycles. The van der Waals surface area contributed by atoms with Gasteiger partial charge in [0.1, 0.15) is 0 Å². The Kier molecular flexibility index (Phi) is 6.13. The smallest absolute Gasteiger partial charge is 0.191 e. The molecule has 0 radical (unpaired) electrons. The number of aryl methyl sites for hydroxylation is 1. The van der Waals surface area contributed by atoms with Crippen molar-refractivity contribution in [2.24, 2.45) is 10.9 Å². The molecule has 2 N–H and O–H groups in total. The molecule has 5 heteroatoms. The molecule has 4 nitrogen and oxygen atoms in total. The first-order chi connectivity index (χ1) is 10.6. The Labute approximate surface area is 138 Å². The third kappa shape index (κ3) is 4.41. The van der Waals surface area contributed by atoms with Crippen LogP contribution in [0.1, 0.15) is 12.0 Å². The summed E-state index contributed by atoms with van der Waals surface area (Å²) in [6.45, 7) is 9.61. The molecule has 0 bridgehead atoms. The molecule has 1 saturated heterocycles. The van der Waals surface area contributed by atoms with Crippen molar-refractivity contribution in [1.29, 1.82) is 0 Å². The lowest BCUT2D eigenvalue weighted by Gasteiger charge is -2.21. The number of guanidine groups is 1. The van der Waals surface area contributed by atoms with Gasteiger partial charge in [-0.15, -0.1) is 6.58 Å². The Balaban J connectivity index is 1.87. The Bertz CT molecular complexity index is 541. The highest BCUT2D eigenvalue weighted by atomic mass is 35.5. The first kappa shape index (κ1) is 16.7. The maximum absolute atomic E-state index is 6.13. The van der Waals surface area contributed by atoms with Crippen molar-refractivity contribution < 1.29 is 0 Å². The number of aliphatic imine (C=N–C) groups is 1. The van der Waals surface area contributed by atoms with Crippen molar-refractivity contribution in [3.8, 4) is 0 Å². The number of benzene rings is 1. The maximum atomic E-state index is 6.13. The van der Waals surface area contributed by atoms with Crippen LogP contribution in [0.25, 0.3) is 0 Å². The molecule has 1 aromatic carbocycles. The number of hydrogen-bond donors (Lipinski definition) is 2. The zero-order valence-electron chi connectivity index (χ0n) is 13.4. The van der Waals surface area contributed by atoms with E-state index in [0.717, 1.165) is 37.2 Å². The van der Waals surface area contributed by atoms with Gasteiger partial charge < -0.3 is 15.5 Å². The lowest BCUT2D eigenvalue weighted by atomic mass is 10.1. The second kappa shape index (κ2) is 8.08. The van der Waals surface area contributed by atoms with Gasteiger partial charge in [-0.3, -0.25) is 4.99 Å². The lowest BCUT2D eigenvalue weighted by molar-refractivity contribution is 0.567. The summed E-state index contributed by atoms with van der Waals surface area (Å²) in [4.78, 5) is 6.63. The third-order valence-corrected chi connectivity index (χ3v) is 4.23. The van der Waals surface area contributed by atoms with Gasteiger partial charge in [-0.2, -0.15) is 0 Å². The molecule has 1 aliphatic rings. The van der Waals surface area contributed by atoms with E-state index >= 15 is 0 Å². The van der Waals surface area contributed by atoms with E-state index < -0.39 is 0 Å². The van der Waals surface area contributed by atoms with Crippen LogP contribution in [-0.2, 0) is 0 Å². The van der Waals surface area contributed by atoms with Crippen molar-refractivity contribution in [2.45, 2.75) is 13.3 Å². The highest BCUT2D eigenvalue weighted by Gasteiger charge is 2.23. The van der Waals surface area contributed by atoms with Gasteiger partial charge in [-0.05, 0) is 37.0 Å². The van der Waals surface area contributed by atoms with Crippen molar-refractivity contribution in [2.75, 3.05) is 38.1 Å². The van der Waals surface area contributed by atoms with E-state index in [4.69, 9.17) is 11.6 Å². The molecule has 0 spiro atoms. The Hall–Kier alpha value is -1.68. The second-order valence-corrected chi connectivity index (χ2v) is 6.09. The average molecular weight is 321 g/mol. The van der Waals surface area contributed by atoms with Gasteiger partial charge in [0.2, 0.25) is 0 Å². The molecule has 1 atom stereocenters. The topological polar surface area (TPSA) is 39.7 Å². The minimum atomic E-state index is 0.612. The summed E-state index contributed by atoms with van der Waals surface area (Å²) in [6, 6.07) is 6.10. The quantitative estimate of drug-likeness (QED) is 0.498. The van der Waals surface area contributed by atoms with E-state index in [2.05, 4.69) is 46.2 Å². The number of anilines is 1. The number of nitrogens with zero attached hydrogens (tertiary/aromatic N) is 2. The third-order valence-electron chi connectivity index (χ3n) is 3.99. The average Bonchev–Trinajstić information content (AvgIpc) is 2.98. The zero-order valence-corrected chi connectivity index (χ0v) is 14.2. The molecule has 1 aliphatic heterocycles. The molecule has 1 unspecified atom stereocenters. The summed E-state index contributed by atoms with van der Waals surface area (Å²) in [5, 5.41) is 7.38. The predicted octanol–water partition coefficient (Wildman–Crippen LogP) is 2.83. The minimum Gasteiger partial charge on any atom is -0.371 e. The molecule has 1 heterocycles. The molecule has 1 aromatic rings. The Morgan fingerprint density at radius 1 is 1.50 bits per heavy atom. The molecule has 22 heavy (non-hydrogen) atoms. The summed E-state index contributed by atoms with van der Waals surface area (Å²) < 4.78 is 0. The van der Waals surface area contributed by atoms with Gasteiger partial charge in [-0.1, -0.05) is 23.7 Å². The molecule has 0 saturated carbocycles.